The monoisotopic (exact) mass is 1090 g/mol. The number of phosphoric acid groups is 2. The quantitative estimate of drug-likeness (QED) is 0.0218. The van der Waals surface area contributed by atoms with Crippen molar-refractivity contribution in [1.82, 2.24) is 54.6 Å². The number of aliphatic hydroxyl groups is 1. The van der Waals surface area contributed by atoms with Crippen molar-refractivity contribution in [2.75, 3.05) is 90.6 Å². The number of amides is 4. The van der Waals surface area contributed by atoms with Crippen LogP contribution in [0.4, 0.5) is 11.9 Å². The number of ether oxygens (including phenoxy) is 6. The van der Waals surface area contributed by atoms with Gasteiger partial charge in [0.05, 0.1) is 78.7 Å². The number of carbonyl (C=O) groups excluding carboxylic acids is 4. The fourth-order valence-electron chi connectivity index (χ4n) is 7.97. The third-order valence-electron chi connectivity index (χ3n) is 11.4. The summed E-state index contributed by atoms with van der Waals surface area (Å²) >= 11 is 0. The fourth-order valence-corrected chi connectivity index (χ4v) is 9.91. The molecule has 4 aromatic rings. The Morgan fingerprint density at radius 1 is 0.703 bits per heavy atom. The molecule has 10 atom stereocenters. The van der Waals surface area contributed by atoms with Gasteiger partial charge in [0.15, 0.2) is 34.8 Å². The van der Waals surface area contributed by atoms with E-state index in [4.69, 9.17) is 58.0 Å². The molecule has 0 spiro atoms. The zero-order valence-corrected chi connectivity index (χ0v) is 40.5. The minimum absolute atomic E-state index is 0.0159. The molecule has 0 bridgehead atoms. The molecule has 36 heteroatoms. The van der Waals surface area contributed by atoms with Gasteiger partial charge in [0, 0.05) is 38.1 Å². The van der Waals surface area contributed by atoms with Crippen LogP contribution in [-0.2, 0) is 74.8 Å². The van der Waals surface area contributed by atoms with Crippen molar-refractivity contribution in [3.8, 4) is 0 Å². The number of phosphoric ester groups is 2. The molecule has 404 valence electrons. The number of nitrogens with zero attached hydrogens (tertiary/aromatic N) is 7. The van der Waals surface area contributed by atoms with E-state index in [9.17, 15) is 52.8 Å². The van der Waals surface area contributed by atoms with Gasteiger partial charge in [-0.3, -0.25) is 70.9 Å². The van der Waals surface area contributed by atoms with Crippen LogP contribution in [0.3, 0.4) is 0 Å². The van der Waals surface area contributed by atoms with Gasteiger partial charge >= 0.3 is 15.6 Å². The van der Waals surface area contributed by atoms with Crippen LogP contribution in [0.5, 0.6) is 0 Å². The Morgan fingerprint density at radius 3 is 1.76 bits per heavy atom. The number of aromatic nitrogens is 8. The summed E-state index contributed by atoms with van der Waals surface area (Å²) in [6, 6.07) is -1.49. The van der Waals surface area contributed by atoms with Gasteiger partial charge in [-0.2, -0.15) is 9.97 Å². The molecule has 4 aliphatic heterocycles. The second-order valence-electron chi connectivity index (χ2n) is 16.4. The lowest BCUT2D eigenvalue weighted by Crippen LogP contribution is -2.48. The topological polar surface area (TPSA) is 462 Å². The first kappa shape index (κ1) is 54.3. The number of aliphatic hydroxyl groups excluding tert-OH is 1. The number of carbonyl (C=O) groups is 4. The summed E-state index contributed by atoms with van der Waals surface area (Å²) in [6.45, 7) is -0.485. The molecule has 0 aromatic carbocycles. The highest BCUT2D eigenvalue weighted by Gasteiger charge is 2.54. The number of nitrogens with two attached hydrogens (primary N) is 2. The molecule has 0 aliphatic carbocycles. The first-order chi connectivity index (χ1) is 35.4. The summed E-state index contributed by atoms with van der Waals surface area (Å²) in [5.74, 6) is -2.60. The Labute approximate surface area is 415 Å². The van der Waals surface area contributed by atoms with Crippen LogP contribution in [0.25, 0.3) is 22.3 Å². The maximum absolute atomic E-state index is 13.8. The molecule has 11 N–H and O–H groups in total. The zero-order chi connectivity index (χ0) is 52.7. The van der Waals surface area contributed by atoms with Crippen LogP contribution >= 0.6 is 15.6 Å². The standard InChI is InChI=1S/C38H51N13O21P2/c39-37-45-31-26(33(57)47-37)42-17-50(31)35-25(44-22(53)4-7-63-9-11-65-13-14-66-12-10-64-8-5-41-21(52)3-6-49-23(54)1-2-24(49)55)29-19(69-35)15-67-74(61,62)72-30-20(16-68-73(59,60)71-29)70-36(28(30)56)51-18-43-27-32(51)46-38(40)48-34(27)58/h1-2,17-20,25,28-30,35-36,56H,3-16H2,(H,41,52)(H,44,53)(H,59,60)(H,61,62)(H3,39,45,47,57)(H3,40,46,48,58)/t19-,20-,25?,28?,29+,30+,35-,36-/m1/s1. The average molecular weight is 1090 g/mol. The molecule has 4 aliphatic rings. The number of hydrogen-bond donors (Lipinski definition) is 9. The maximum atomic E-state index is 13.8. The van der Waals surface area contributed by atoms with Gasteiger partial charge in [-0.05, 0) is 0 Å². The minimum atomic E-state index is -5.28. The van der Waals surface area contributed by atoms with E-state index in [0.717, 1.165) is 34.3 Å². The molecule has 34 nitrogen and oxygen atoms in total. The van der Waals surface area contributed by atoms with Gasteiger partial charge in [-0.1, -0.05) is 0 Å². The summed E-state index contributed by atoms with van der Waals surface area (Å²) in [5.41, 5.74) is 9.33. The van der Waals surface area contributed by atoms with Gasteiger partial charge in [-0.15, -0.1) is 0 Å². The van der Waals surface area contributed by atoms with Gasteiger partial charge in [0.1, 0.15) is 36.6 Å². The SMILES string of the molecule is Nc1nc2c(ncn2[C@@H]2O[C@@H]3COP(=O)(O)O[C@@H]4C(NC(=O)CCOCCOCCOCCOCCNC(=O)CCN5C(=O)C=CC5=O)[C@H](n5cnc6c(=O)[nH]c(N)nc65)O[C@@H]4COP(=O)(O)O[C@@H]3C2O)c(=O)[nH]1. The van der Waals surface area contributed by atoms with E-state index >= 15 is 0 Å². The van der Waals surface area contributed by atoms with E-state index in [2.05, 4.69) is 40.5 Å². The van der Waals surface area contributed by atoms with Gasteiger partial charge < -0.3 is 65.4 Å². The highest BCUT2D eigenvalue weighted by molar-refractivity contribution is 7.47. The molecule has 4 aromatic heterocycles. The lowest BCUT2D eigenvalue weighted by molar-refractivity contribution is -0.137. The number of imidazole rings is 2. The molecule has 0 saturated carbocycles. The van der Waals surface area contributed by atoms with E-state index in [0.29, 0.717) is 0 Å². The Morgan fingerprint density at radius 2 is 1.19 bits per heavy atom. The molecule has 4 unspecified atom stereocenters. The highest BCUT2D eigenvalue weighted by atomic mass is 31.2. The van der Waals surface area contributed by atoms with Crippen LogP contribution in [0.15, 0.2) is 34.4 Å². The van der Waals surface area contributed by atoms with Crippen LogP contribution < -0.4 is 33.2 Å². The Balaban J connectivity index is 0.827. The summed E-state index contributed by atoms with van der Waals surface area (Å²) in [6.07, 6.45) is -7.48. The van der Waals surface area contributed by atoms with Crippen LogP contribution in [0.1, 0.15) is 25.3 Å². The number of hydrogen-bond acceptors (Lipinski definition) is 25. The average Bonchev–Trinajstić information content (AvgIpc) is 4.16. The fraction of sp³-hybridized carbons (Fsp3) is 0.579. The first-order valence-corrected chi connectivity index (χ1v) is 25.5. The number of H-pyrrole nitrogens is 2. The van der Waals surface area contributed by atoms with Gasteiger partial charge in [0.2, 0.25) is 23.7 Å². The largest absolute Gasteiger partial charge is 0.472 e. The van der Waals surface area contributed by atoms with Crippen molar-refractivity contribution in [3.63, 3.8) is 0 Å². The predicted molar refractivity (Wildman–Crippen MR) is 244 cm³/mol. The normalized spacial score (nSPS) is 28.3. The molecule has 3 fully saturated rings. The molecule has 8 rings (SSSR count). The minimum Gasteiger partial charge on any atom is -0.386 e. The van der Waals surface area contributed by atoms with E-state index < -0.39 is 107 Å². The second kappa shape index (κ2) is 23.7. The number of fused-ring (bicyclic) bond motifs is 4. The van der Waals surface area contributed by atoms with E-state index in [1.165, 1.54) is 4.57 Å². The first-order valence-electron chi connectivity index (χ1n) is 22.5. The lowest BCUT2D eigenvalue weighted by atomic mass is 10.1. The third-order valence-corrected chi connectivity index (χ3v) is 13.3. The van der Waals surface area contributed by atoms with Crippen molar-refractivity contribution < 1.29 is 89.7 Å². The molecular formula is C38H51N13O21P2. The van der Waals surface area contributed by atoms with Crippen molar-refractivity contribution in [2.24, 2.45) is 0 Å². The van der Waals surface area contributed by atoms with E-state index in [1.807, 2.05) is 0 Å². The highest BCUT2D eigenvalue weighted by Crippen LogP contribution is 2.53. The van der Waals surface area contributed by atoms with E-state index in [1.54, 1.807) is 0 Å². The Kier molecular flexibility index (Phi) is 17.4. The molecule has 0 radical (unpaired) electrons. The number of rotatable bonds is 21. The van der Waals surface area contributed by atoms with Crippen LogP contribution in [0.2, 0.25) is 0 Å². The number of imide groups is 1. The van der Waals surface area contributed by atoms with Crippen molar-refractivity contribution in [2.45, 2.75) is 61.9 Å². The van der Waals surface area contributed by atoms with E-state index in [-0.39, 0.29) is 119 Å². The summed E-state index contributed by atoms with van der Waals surface area (Å²) in [7, 11) is -10.5. The lowest BCUT2D eigenvalue weighted by Gasteiger charge is -2.29. The van der Waals surface area contributed by atoms with Crippen LogP contribution in [0, 0.1) is 0 Å². The molecule has 74 heavy (non-hydrogen) atoms. The molecule has 3 saturated heterocycles. The zero-order valence-electron chi connectivity index (χ0n) is 38.7. The molecular weight excluding hydrogens is 1040 g/mol. The maximum Gasteiger partial charge on any atom is 0.472 e. The summed E-state index contributed by atoms with van der Waals surface area (Å²) in [5, 5.41) is 16.7. The smallest absolute Gasteiger partial charge is 0.386 e. The Bertz CT molecular complexity index is 2930. The number of nitrogen functional groups attached to an aromatic ring is 2. The third kappa shape index (κ3) is 13.1. The van der Waals surface area contributed by atoms with Crippen molar-refractivity contribution in [1.29, 1.82) is 0 Å². The van der Waals surface area contributed by atoms with Crippen molar-refractivity contribution in [3.05, 3.63) is 45.5 Å². The number of aromatic amines is 2. The van der Waals surface area contributed by atoms with Gasteiger partial charge in [-0.25, -0.2) is 19.1 Å². The van der Waals surface area contributed by atoms with Crippen LogP contribution in [-0.4, -0.2) is 198 Å². The second-order valence-corrected chi connectivity index (χ2v) is 19.2. The number of nitrogens with one attached hydrogen (secondary N) is 4. The predicted octanol–water partition coefficient (Wildman–Crippen LogP) is -4.04. The molecule has 8 heterocycles. The molecule has 4 amide bonds. The van der Waals surface area contributed by atoms with Gasteiger partial charge in [0.25, 0.3) is 22.9 Å². The summed E-state index contributed by atoms with van der Waals surface area (Å²) < 4.78 is 85.2. The summed E-state index contributed by atoms with van der Waals surface area (Å²) in [4.78, 5) is 118. The van der Waals surface area contributed by atoms with Crippen molar-refractivity contribution >= 4 is 73.5 Å². The Hall–Kier alpha value is -5.94. The number of anilines is 2.